The van der Waals surface area contributed by atoms with Crippen LogP contribution in [0.4, 0.5) is 0 Å². The first-order chi connectivity index (χ1) is 8.67. The summed E-state index contributed by atoms with van der Waals surface area (Å²) in [6, 6.07) is 7.85. The molecule has 0 aliphatic carbocycles. The number of methoxy groups -OCH3 is 1. The van der Waals surface area contributed by atoms with Gasteiger partial charge in [0.25, 0.3) is 0 Å². The number of esters is 1. The standard InChI is InChI=1S/C14H19BrO3/c1-3-4-5-13(14(16)17-2)18-10-11-6-8-12(15)9-7-11/h6-9,13H,3-5,10H2,1-2H3. The second-order valence-corrected chi connectivity index (χ2v) is 5.01. The number of halogens is 1. The Balaban J connectivity index is 2.50. The van der Waals surface area contributed by atoms with Gasteiger partial charge in [0, 0.05) is 4.47 Å². The Morgan fingerprint density at radius 1 is 1.33 bits per heavy atom. The summed E-state index contributed by atoms with van der Waals surface area (Å²) in [5.74, 6) is -0.291. The van der Waals surface area contributed by atoms with Crippen molar-refractivity contribution in [1.29, 1.82) is 0 Å². The molecule has 18 heavy (non-hydrogen) atoms. The fourth-order valence-corrected chi connectivity index (χ4v) is 1.83. The molecule has 1 unspecified atom stereocenters. The first-order valence-electron chi connectivity index (χ1n) is 6.11. The van der Waals surface area contributed by atoms with E-state index in [9.17, 15) is 4.79 Å². The SMILES string of the molecule is CCCCC(OCc1ccc(Br)cc1)C(=O)OC. The monoisotopic (exact) mass is 314 g/mol. The van der Waals surface area contributed by atoms with Crippen LogP contribution in [-0.2, 0) is 20.9 Å². The Labute approximate surface area is 117 Å². The maximum absolute atomic E-state index is 11.5. The van der Waals surface area contributed by atoms with Crippen molar-refractivity contribution in [3.63, 3.8) is 0 Å². The van der Waals surface area contributed by atoms with Crippen molar-refractivity contribution in [2.24, 2.45) is 0 Å². The molecule has 1 aromatic rings. The van der Waals surface area contributed by atoms with E-state index >= 15 is 0 Å². The van der Waals surface area contributed by atoms with E-state index in [-0.39, 0.29) is 5.97 Å². The Morgan fingerprint density at radius 2 is 2.00 bits per heavy atom. The van der Waals surface area contributed by atoms with Crippen LogP contribution in [0.1, 0.15) is 31.7 Å². The molecule has 0 fully saturated rings. The second-order valence-electron chi connectivity index (χ2n) is 4.09. The van der Waals surface area contributed by atoms with E-state index in [4.69, 9.17) is 9.47 Å². The average Bonchev–Trinajstić information content (AvgIpc) is 2.40. The van der Waals surface area contributed by atoms with Crippen molar-refractivity contribution in [3.05, 3.63) is 34.3 Å². The minimum atomic E-state index is -0.460. The lowest BCUT2D eigenvalue weighted by atomic mass is 10.1. The highest BCUT2D eigenvalue weighted by molar-refractivity contribution is 9.10. The minimum Gasteiger partial charge on any atom is -0.467 e. The third-order valence-corrected chi connectivity index (χ3v) is 3.18. The van der Waals surface area contributed by atoms with Gasteiger partial charge in [-0.15, -0.1) is 0 Å². The normalized spacial score (nSPS) is 12.2. The third kappa shape index (κ3) is 5.19. The first kappa shape index (κ1) is 15.2. The van der Waals surface area contributed by atoms with Crippen LogP contribution in [0.3, 0.4) is 0 Å². The zero-order valence-electron chi connectivity index (χ0n) is 10.8. The number of carbonyl (C=O) groups excluding carboxylic acids is 1. The highest BCUT2D eigenvalue weighted by Crippen LogP contribution is 2.14. The molecule has 0 radical (unpaired) electrons. The summed E-state index contributed by atoms with van der Waals surface area (Å²) in [6.45, 7) is 2.51. The minimum absolute atomic E-state index is 0.291. The number of unbranched alkanes of at least 4 members (excludes halogenated alkanes) is 1. The van der Waals surface area contributed by atoms with E-state index in [1.54, 1.807) is 0 Å². The van der Waals surface area contributed by atoms with Gasteiger partial charge in [-0.1, -0.05) is 47.8 Å². The van der Waals surface area contributed by atoms with Gasteiger partial charge in [-0.05, 0) is 24.1 Å². The maximum Gasteiger partial charge on any atom is 0.334 e. The molecule has 0 spiro atoms. The second kappa shape index (κ2) is 8.27. The Hall–Kier alpha value is -0.870. The molecule has 0 aliphatic heterocycles. The summed E-state index contributed by atoms with van der Waals surface area (Å²) in [5.41, 5.74) is 1.05. The predicted octanol–water partition coefficient (Wildman–Crippen LogP) is 3.70. The van der Waals surface area contributed by atoms with Gasteiger partial charge in [0.1, 0.15) is 0 Å². The van der Waals surface area contributed by atoms with Crippen LogP contribution in [0, 0.1) is 0 Å². The van der Waals surface area contributed by atoms with Crippen molar-refractivity contribution in [3.8, 4) is 0 Å². The maximum atomic E-state index is 11.5. The molecule has 0 aromatic heterocycles. The quantitative estimate of drug-likeness (QED) is 0.720. The van der Waals surface area contributed by atoms with Gasteiger partial charge < -0.3 is 9.47 Å². The molecule has 0 saturated heterocycles. The van der Waals surface area contributed by atoms with E-state index in [1.165, 1.54) is 7.11 Å². The molecule has 4 heteroatoms. The summed E-state index contributed by atoms with van der Waals surface area (Å²) in [6.07, 6.45) is 2.24. The lowest BCUT2D eigenvalue weighted by molar-refractivity contribution is -0.155. The lowest BCUT2D eigenvalue weighted by Gasteiger charge is -2.15. The van der Waals surface area contributed by atoms with Crippen LogP contribution >= 0.6 is 15.9 Å². The molecule has 100 valence electrons. The van der Waals surface area contributed by atoms with E-state index in [1.807, 2.05) is 24.3 Å². The molecule has 3 nitrogen and oxygen atoms in total. The van der Waals surface area contributed by atoms with Gasteiger partial charge in [0.15, 0.2) is 6.10 Å². The Kier molecular flexibility index (Phi) is 6.98. The van der Waals surface area contributed by atoms with Gasteiger partial charge in [-0.2, -0.15) is 0 Å². The molecule has 0 bridgehead atoms. The molecule has 0 N–H and O–H groups in total. The topological polar surface area (TPSA) is 35.5 Å². The molecule has 0 saturated carbocycles. The Morgan fingerprint density at radius 3 is 2.56 bits per heavy atom. The molecule has 1 atom stereocenters. The lowest BCUT2D eigenvalue weighted by Crippen LogP contribution is -2.25. The molecule has 1 rings (SSSR count). The van der Waals surface area contributed by atoms with E-state index in [0.717, 1.165) is 22.9 Å². The number of hydrogen-bond donors (Lipinski definition) is 0. The van der Waals surface area contributed by atoms with Crippen molar-refractivity contribution in [2.75, 3.05) is 7.11 Å². The van der Waals surface area contributed by atoms with Gasteiger partial charge in [0.05, 0.1) is 13.7 Å². The van der Waals surface area contributed by atoms with Crippen molar-refractivity contribution < 1.29 is 14.3 Å². The van der Waals surface area contributed by atoms with Crippen LogP contribution in [0.5, 0.6) is 0 Å². The molecule has 0 aliphatic rings. The largest absolute Gasteiger partial charge is 0.467 e. The highest BCUT2D eigenvalue weighted by atomic mass is 79.9. The van der Waals surface area contributed by atoms with Crippen LogP contribution in [0.15, 0.2) is 28.7 Å². The number of ether oxygens (including phenoxy) is 2. The molecule has 1 aromatic carbocycles. The van der Waals surface area contributed by atoms with Gasteiger partial charge in [-0.25, -0.2) is 4.79 Å². The molecule has 0 amide bonds. The zero-order valence-corrected chi connectivity index (χ0v) is 12.4. The smallest absolute Gasteiger partial charge is 0.334 e. The Bertz CT molecular complexity index is 362. The van der Waals surface area contributed by atoms with Crippen molar-refractivity contribution >= 4 is 21.9 Å². The summed E-state index contributed by atoms with van der Waals surface area (Å²) >= 11 is 3.38. The predicted molar refractivity (Wildman–Crippen MR) is 74.3 cm³/mol. The van der Waals surface area contributed by atoms with Crippen molar-refractivity contribution in [2.45, 2.75) is 38.9 Å². The van der Waals surface area contributed by atoms with Crippen LogP contribution in [0.2, 0.25) is 0 Å². The van der Waals surface area contributed by atoms with Crippen LogP contribution < -0.4 is 0 Å². The van der Waals surface area contributed by atoms with Gasteiger partial charge in [0.2, 0.25) is 0 Å². The molecule has 0 heterocycles. The summed E-state index contributed by atoms with van der Waals surface area (Å²) < 4.78 is 11.4. The summed E-state index contributed by atoms with van der Waals surface area (Å²) in [7, 11) is 1.39. The molecular formula is C14H19BrO3. The van der Waals surface area contributed by atoms with Crippen molar-refractivity contribution in [1.82, 2.24) is 0 Å². The van der Waals surface area contributed by atoms with E-state index in [0.29, 0.717) is 13.0 Å². The fourth-order valence-electron chi connectivity index (χ4n) is 1.57. The van der Waals surface area contributed by atoms with Crippen LogP contribution in [-0.4, -0.2) is 19.2 Å². The number of hydrogen-bond acceptors (Lipinski definition) is 3. The highest BCUT2D eigenvalue weighted by Gasteiger charge is 2.19. The third-order valence-electron chi connectivity index (χ3n) is 2.65. The number of rotatable bonds is 7. The fraction of sp³-hybridized carbons (Fsp3) is 0.500. The average molecular weight is 315 g/mol. The van der Waals surface area contributed by atoms with Gasteiger partial charge >= 0.3 is 5.97 Å². The summed E-state index contributed by atoms with van der Waals surface area (Å²) in [5, 5.41) is 0. The first-order valence-corrected chi connectivity index (χ1v) is 6.90. The summed E-state index contributed by atoms with van der Waals surface area (Å²) in [4.78, 5) is 11.5. The zero-order chi connectivity index (χ0) is 13.4. The van der Waals surface area contributed by atoms with Crippen LogP contribution in [0.25, 0.3) is 0 Å². The van der Waals surface area contributed by atoms with E-state index in [2.05, 4.69) is 22.9 Å². The van der Waals surface area contributed by atoms with E-state index < -0.39 is 6.10 Å². The number of benzene rings is 1. The number of carbonyl (C=O) groups is 1. The van der Waals surface area contributed by atoms with Gasteiger partial charge in [-0.3, -0.25) is 0 Å². The molecular weight excluding hydrogens is 296 g/mol.